The van der Waals surface area contributed by atoms with Crippen LogP contribution in [0.5, 0.6) is 0 Å². The Balaban J connectivity index is 2.04. The minimum absolute atomic E-state index is 0.00286. The standard InChI is InChI=1S/C13H19N3O/c1-13(2)7-5-9-15-11(13)12(17)16-10-6-3-4-8-14-10/h3-4,6,8,11,15H,5,7,9H2,1-2H3,(H,14,16,17). The lowest BCUT2D eigenvalue weighted by atomic mass is 9.77. The third kappa shape index (κ3) is 2.82. The van der Waals surface area contributed by atoms with Crippen molar-refractivity contribution in [2.75, 3.05) is 11.9 Å². The van der Waals surface area contributed by atoms with Gasteiger partial charge in [0, 0.05) is 6.20 Å². The van der Waals surface area contributed by atoms with Crippen molar-refractivity contribution >= 4 is 11.7 Å². The maximum Gasteiger partial charge on any atom is 0.243 e. The summed E-state index contributed by atoms with van der Waals surface area (Å²) in [4.78, 5) is 16.3. The van der Waals surface area contributed by atoms with Gasteiger partial charge in [-0.15, -0.1) is 0 Å². The van der Waals surface area contributed by atoms with E-state index >= 15 is 0 Å². The Bertz CT molecular complexity index is 389. The number of anilines is 1. The van der Waals surface area contributed by atoms with Crippen molar-refractivity contribution in [2.24, 2.45) is 5.41 Å². The van der Waals surface area contributed by atoms with Gasteiger partial charge in [-0.2, -0.15) is 0 Å². The first-order valence-corrected chi connectivity index (χ1v) is 6.05. The van der Waals surface area contributed by atoms with E-state index in [0.717, 1.165) is 19.4 Å². The molecule has 4 heteroatoms. The number of nitrogens with zero attached hydrogens (tertiary/aromatic N) is 1. The van der Waals surface area contributed by atoms with Crippen molar-refractivity contribution in [3.63, 3.8) is 0 Å². The van der Waals surface area contributed by atoms with Crippen LogP contribution in [0.25, 0.3) is 0 Å². The van der Waals surface area contributed by atoms with Crippen LogP contribution in [0.1, 0.15) is 26.7 Å². The minimum Gasteiger partial charge on any atom is -0.309 e. The van der Waals surface area contributed by atoms with Gasteiger partial charge in [0.25, 0.3) is 0 Å². The maximum atomic E-state index is 12.2. The molecule has 1 saturated heterocycles. The Morgan fingerprint density at radius 1 is 1.53 bits per heavy atom. The Hall–Kier alpha value is -1.42. The zero-order valence-electron chi connectivity index (χ0n) is 10.4. The van der Waals surface area contributed by atoms with E-state index in [9.17, 15) is 4.79 Å². The van der Waals surface area contributed by atoms with E-state index in [1.165, 1.54) is 0 Å². The van der Waals surface area contributed by atoms with E-state index in [2.05, 4.69) is 29.5 Å². The summed E-state index contributed by atoms with van der Waals surface area (Å²) in [6.07, 6.45) is 3.87. The summed E-state index contributed by atoms with van der Waals surface area (Å²) in [5.41, 5.74) is -0.00286. The minimum atomic E-state index is -0.141. The Morgan fingerprint density at radius 2 is 2.35 bits per heavy atom. The largest absolute Gasteiger partial charge is 0.309 e. The fraction of sp³-hybridized carbons (Fsp3) is 0.538. The summed E-state index contributed by atoms with van der Waals surface area (Å²) in [5, 5.41) is 6.14. The van der Waals surface area contributed by atoms with Crippen molar-refractivity contribution < 1.29 is 4.79 Å². The molecule has 2 heterocycles. The highest BCUT2D eigenvalue weighted by molar-refractivity contribution is 5.94. The lowest BCUT2D eigenvalue weighted by Gasteiger charge is -2.38. The molecular weight excluding hydrogens is 214 g/mol. The van der Waals surface area contributed by atoms with Crippen LogP contribution in [-0.2, 0) is 4.79 Å². The van der Waals surface area contributed by atoms with Crippen molar-refractivity contribution in [3.8, 4) is 0 Å². The number of hydrogen-bond acceptors (Lipinski definition) is 3. The van der Waals surface area contributed by atoms with Gasteiger partial charge in [0.2, 0.25) is 5.91 Å². The molecule has 1 unspecified atom stereocenters. The van der Waals surface area contributed by atoms with E-state index in [4.69, 9.17) is 0 Å². The second-order valence-electron chi connectivity index (χ2n) is 5.18. The third-order valence-electron chi connectivity index (χ3n) is 3.31. The van der Waals surface area contributed by atoms with Crippen LogP contribution in [0.3, 0.4) is 0 Å². The topological polar surface area (TPSA) is 54.0 Å². The molecule has 4 nitrogen and oxygen atoms in total. The zero-order valence-corrected chi connectivity index (χ0v) is 10.4. The zero-order chi connectivity index (χ0) is 12.3. The summed E-state index contributed by atoms with van der Waals surface area (Å²) < 4.78 is 0. The molecule has 1 fully saturated rings. The summed E-state index contributed by atoms with van der Waals surface area (Å²) in [5.74, 6) is 0.620. The van der Waals surface area contributed by atoms with Gasteiger partial charge in [0.1, 0.15) is 5.82 Å². The average molecular weight is 233 g/mol. The molecule has 0 aromatic carbocycles. The molecule has 17 heavy (non-hydrogen) atoms. The number of hydrogen-bond donors (Lipinski definition) is 2. The molecule has 0 radical (unpaired) electrons. The molecule has 1 aromatic rings. The van der Waals surface area contributed by atoms with Gasteiger partial charge in [-0.3, -0.25) is 4.79 Å². The SMILES string of the molecule is CC1(C)CCCNC1C(=O)Nc1ccccn1. The Morgan fingerprint density at radius 3 is 3.00 bits per heavy atom. The third-order valence-corrected chi connectivity index (χ3v) is 3.31. The van der Waals surface area contributed by atoms with Crippen LogP contribution in [0.4, 0.5) is 5.82 Å². The molecule has 0 bridgehead atoms. The van der Waals surface area contributed by atoms with Crippen LogP contribution in [-0.4, -0.2) is 23.5 Å². The van der Waals surface area contributed by atoms with E-state index in [1.54, 1.807) is 12.3 Å². The molecule has 92 valence electrons. The number of carbonyl (C=O) groups is 1. The second-order valence-corrected chi connectivity index (χ2v) is 5.18. The lowest BCUT2D eigenvalue weighted by Crippen LogP contribution is -2.53. The first-order valence-electron chi connectivity index (χ1n) is 6.05. The van der Waals surface area contributed by atoms with E-state index in [0.29, 0.717) is 5.82 Å². The van der Waals surface area contributed by atoms with E-state index in [-0.39, 0.29) is 17.4 Å². The highest BCUT2D eigenvalue weighted by Gasteiger charge is 2.37. The van der Waals surface area contributed by atoms with Crippen molar-refractivity contribution in [1.29, 1.82) is 0 Å². The van der Waals surface area contributed by atoms with Crippen LogP contribution < -0.4 is 10.6 Å². The van der Waals surface area contributed by atoms with Crippen LogP contribution in [0.15, 0.2) is 24.4 Å². The molecule has 1 amide bonds. The first-order chi connectivity index (χ1) is 8.09. The number of amides is 1. The monoisotopic (exact) mass is 233 g/mol. The predicted molar refractivity (Wildman–Crippen MR) is 67.7 cm³/mol. The van der Waals surface area contributed by atoms with Gasteiger partial charge in [0.15, 0.2) is 0 Å². The number of aromatic nitrogens is 1. The van der Waals surface area contributed by atoms with E-state index in [1.807, 2.05) is 12.1 Å². The summed E-state index contributed by atoms with van der Waals surface area (Å²) in [6.45, 7) is 5.16. The van der Waals surface area contributed by atoms with Gasteiger partial charge in [-0.1, -0.05) is 19.9 Å². The number of nitrogens with one attached hydrogen (secondary N) is 2. The predicted octanol–water partition coefficient (Wildman–Crippen LogP) is 1.80. The van der Waals surface area contributed by atoms with Crippen molar-refractivity contribution in [3.05, 3.63) is 24.4 Å². The average Bonchev–Trinajstić information content (AvgIpc) is 2.29. The fourth-order valence-corrected chi connectivity index (χ4v) is 2.29. The van der Waals surface area contributed by atoms with Gasteiger partial charge in [-0.25, -0.2) is 4.98 Å². The molecule has 0 saturated carbocycles. The maximum absolute atomic E-state index is 12.2. The Kier molecular flexibility index (Phi) is 3.43. The quantitative estimate of drug-likeness (QED) is 0.819. The molecular formula is C13H19N3O. The highest BCUT2D eigenvalue weighted by Crippen LogP contribution is 2.30. The summed E-state index contributed by atoms with van der Waals surface area (Å²) >= 11 is 0. The number of piperidine rings is 1. The summed E-state index contributed by atoms with van der Waals surface area (Å²) in [7, 11) is 0. The van der Waals surface area contributed by atoms with Gasteiger partial charge in [-0.05, 0) is 36.9 Å². The van der Waals surface area contributed by atoms with E-state index < -0.39 is 0 Å². The van der Waals surface area contributed by atoms with Gasteiger partial charge in [0.05, 0.1) is 6.04 Å². The second kappa shape index (κ2) is 4.84. The molecule has 1 aliphatic rings. The number of rotatable bonds is 2. The van der Waals surface area contributed by atoms with Crippen LogP contribution in [0, 0.1) is 5.41 Å². The molecule has 1 atom stereocenters. The first kappa shape index (κ1) is 12.0. The molecule has 2 N–H and O–H groups in total. The molecule has 2 rings (SSSR count). The highest BCUT2D eigenvalue weighted by atomic mass is 16.2. The van der Waals surface area contributed by atoms with Crippen LogP contribution in [0.2, 0.25) is 0 Å². The molecule has 1 aromatic heterocycles. The van der Waals surface area contributed by atoms with Gasteiger partial charge >= 0.3 is 0 Å². The normalized spacial score (nSPS) is 23.1. The fourth-order valence-electron chi connectivity index (χ4n) is 2.29. The summed E-state index contributed by atoms with van der Waals surface area (Å²) in [6, 6.07) is 5.35. The van der Waals surface area contributed by atoms with Gasteiger partial charge < -0.3 is 10.6 Å². The van der Waals surface area contributed by atoms with Crippen molar-refractivity contribution in [1.82, 2.24) is 10.3 Å². The molecule has 0 aliphatic carbocycles. The number of carbonyl (C=O) groups excluding carboxylic acids is 1. The lowest BCUT2D eigenvalue weighted by molar-refractivity contribution is -0.121. The number of pyridine rings is 1. The Labute approximate surface area is 102 Å². The smallest absolute Gasteiger partial charge is 0.243 e. The van der Waals surface area contributed by atoms with Crippen molar-refractivity contribution in [2.45, 2.75) is 32.7 Å². The molecule has 1 aliphatic heterocycles. The van der Waals surface area contributed by atoms with Crippen LogP contribution >= 0.6 is 0 Å². The molecule has 0 spiro atoms.